The monoisotopic (exact) mass is 474 g/mol. The molecule has 1 aliphatic carbocycles. The Morgan fingerprint density at radius 1 is 1.00 bits per heavy atom. The van der Waals surface area contributed by atoms with E-state index in [9.17, 15) is 23.9 Å². The quantitative estimate of drug-likeness (QED) is 0.366. The second kappa shape index (κ2) is 10.1. The number of Topliss-reactive ketones (excluding diaryl/α,β-unsaturated/α-hetero) is 1. The highest BCUT2D eigenvalue weighted by Crippen LogP contribution is 2.42. The second-order valence-corrected chi connectivity index (χ2v) is 8.85. The fourth-order valence-corrected chi connectivity index (χ4v) is 4.68. The molecule has 1 aliphatic rings. The molecule has 1 atom stereocenters. The summed E-state index contributed by atoms with van der Waals surface area (Å²) in [4.78, 5) is 36.8. The predicted molar refractivity (Wildman–Crippen MR) is 133 cm³/mol. The van der Waals surface area contributed by atoms with Crippen LogP contribution in [0, 0.1) is 5.41 Å². The Kier molecular flexibility index (Phi) is 6.96. The van der Waals surface area contributed by atoms with Gasteiger partial charge in [0, 0.05) is 27.9 Å². The number of para-hydroxylation sites is 1. The highest BCUT2D eigenvalue weighted by Gasteiger charge is 2.42. The third kappa shape index (κ3) is 5.09. The van der Waals surface area contributed by atoms with E-state index in [4.69, 9.17) is 0 Å². The average molecular weight is 475 g/mol. The van der Waals surface area contributed by atoms with Crippen molar-refractivity contribution in [1.29, 1.82) is 0 Å². The largest absolute Gasteiger partial charge is 0.481 e. The number of hydrogen-bond donors (Lipinski definition) is 3. The Bertz CT molecular complexity index is 1270. The summed E-state index contributed by atoms with van der Waals surface area (Å²) in [5.74, 6) is -1.04. The summed E-state index contributed by atoms with van der Waals surface area (Å²) < 4.78 is 13.1. The van der Waals surface area contributed by atoms with Gasteiger partial charge in [-0.1, -0.05) is 55.5 Å². The van der Waals surface area contributed by atoms with Crippen LogP contribution in [0.3, 0.4) is 0 Å². The van der Waals surface area contributed by atoms with E-state index in [0.717, 1.165) is 16.7 Å². The maximum Gasteiger partial charge on any atom is 0.323 e. The molecule has 180 valence electrons. The molecule has 6 nitrogen and oxygen atoms in total. The first-order valence-electron chi connectivity index (χ1n) is 11.6. The summed E-state index contributed by atoms with van der Waals surface area (Å²) in [6.45, 7) is 1.20. The zero-order chi connectivity index (χ0) is 25.0. The molecule has 0 bridgehead atoms. The van der Waals surface area contributed by atoms with Crippen LogP contribution in [0.1, 0.15) is 47.7 Å². The first-order chi connectivity index (χ1) is 16.8. The van der Waals surface area contributed by atoms with E-state index in [1.54, 1.807) is 42.5 Å². The van der Waals surface area contributed by atoms with Gasteiger partial charge in [0.1, 0.15) is 6.67 Å². The van der Waals surface area contributed by atoms with Crippen molar-refractivity contribution in [3.63, 3.8) is 0 Å². The molecule has 0 aliphatic heterocycles. The molecule has 3 aromatic rings. The Morgan fingerprint density at radius 3 is 2.40 bits per heavy atom. The number of aliphatic carboxylic acids is 1. The van der Waals surface area contributed by atoms with Crippen LogP contribution in [0.5, 0.6) is 0 Å². The zero-order valence-electron chi connectivity index (χ0n) is 19.4. The van der Waals surface area contributed by atoms with Gasteiger partial charge in [-0.3, -0.25) is 9.59 Å². The van der Waals surface area contributed by atoms with Gasteiger partial charge in [0.2, 0.25) is 0 Å². The van der Waals surface area contributed by atoms with Gasteiger partial charge in [0.05, 0.1) is 6.42 Å². The molecule has 0 radical (unpaired) electrons. The van der Waals surface area contributed by atoms with E-state index in [-0.39, 0.29) is 12.2 Å². The van der Waals surface area contributed by atoms with E-state index < -0.39 is 24.1 Å². The number of halogens is 1. The number of urea groups is 1. The lowest BCUT2D eigenvalue weighted by Gasteiger charge is -2.35. The summed E-state index contributed by atoms with van der Waals surface area (Å²) in [6.07, 6.45) is 1.52. The maximum atomic E-state index is 13.1. The van der Waals surface area contributed by atoms with Crippen LogP contribution in [0.25, 0.3) is 11.1 Å². The first-order valence-corrected chi connectivity index (χ1v) is 11.6. The number of benzene rings is 3. The molecule has 1 unspecified atom stereocenters. The van der Waals surface area contributed by atoms with E-state index in [1.807, 2.05) is 31.2 Å². The van der Waals surface area contributed by atoms with E-state index >= 15 is 0 Å². The molecule has 3 aromatic carbocycles. The lowest BCUT2D eigenvalue weighted by molar-refractivity contribution is -0.139. The van der Waals surface area contributed by atoms with Crippen LogP contribution in [0.2, 0.25) is 0 Å². The molecule has 2 amide bonds. The number of fused-ring (bicyclic) bond motifs is 1. The normalized spacial score (nSPS) is 16.9. The Labute approximate surface area is 203 Å². The summed E-state index contributed by atoms with van der Waals surface area (Å²) in [5, 5.41) is 14.7. The number of anilines is 2. The van der Waals surface area contributed by atoms with Crippen molar-refractivity contribution in [1.82, 2.24) is 0 Å². The Balaban J connectivity index is 1.47. The minimum atomic E-state index is -0.950. The lowest BCUT2D eigenvalue weighted by Crippen LogP contribution is -2.37. The summed E-state index contributed by atoms with van der Waals surface area (Å²) in [5.41, 5.74) is 3.96. The van der Waals surface area contributed by atoms with Crippen molar-refractivity contribution in [3.05, 3.63) is 83.4 Å². The number of carbonyl (C=O) groups is 3. The van der Waals surface area contributed by atoms with Crippen molar-refractivity contribution < 1.29 is 23.9 Å². The number of carbonyl (C=O) groups excluding carboxylic acids is 2. The van der Waals surface area contributed by atoms with E-state index in [1.165, 1.54) is 0 Å². The molecule has 0 spiro atoms. The fraction of sp³-hybridized carbons (Fsp3) is 0.250. The van der Waals surface area contributed by atoms with Gasteiger partial charge >= 0.3 is 12.0 Å². The van der Waals surface area contributed by atoms with Gasteiger partial charge in [-0.15, -0.1) is 0 Å². The van der Waals surface area contributed by atoms with E-state index in [0.29, 0.717) is 41.8 Å². The number of hydrogen-bond acceptors (Lipinski definition) is 3. The number of nitrogens with one attached hydrogen (secondary N) is 2. The summed E-state index contributed by atoms with van der Waals surface area (Å²) >= 11 is 0. The molecule has 3 N–H and O–H groups in total. The number of carboxylic acids is 1. The smallest absolute Gasteiger partial charge is 0.323 e. The first kappa shape index (κ1) is 24.1. The standard InChI is InChI=1S/C28H27FN2O4/c1-2-28(16-25(32)33)14-13-20-15-19(9-12-23(20)26(28)34)18-7-10-22(11-8-18)30-27(35)31-24-6-4-3-5-21(24)17-29/h3-12,15H,2,13-14,16-17H2,1H3,(H,32,33)(H2,30,31,35). The number of amides is 2. The van der Waals surface area contributed by atoms with Gasteiger partial charge in [-0.05, 0) is 54.2 Å². The van der Waals surface area contributed by atoms with Gasteiger partial charge in [-0.25, -0.2) is 9.18 Å². The van der Waals surface area contributed by atoms with Crippen molar-refractivity contribution in [2.45, 2.75) is 39.3 Å². The molecule has 7 heteroatoms. The molecule has 4 rings (SSSR count). The molecule has 0 saturated carbocycles. The fourth-order valence-electron chi connectivity index (χ4n) is 4.68. The van der Waals surface area contributed by atoms with Crippen molar-refractivity contribution in [2.75, 3.05) is 10.6 Å². The van der Waals surface area contributed by atoms with Crippen LogP contribution in [-0.2, 0) is 17.9 Å². The van der Waals surface area contributed by atoms with Crippen LogP contribution < -0.4 is 10.6 Å². The van der Waals surface area contributed by atoms with Crippen molar-refractivity contribution in [3.8, 4) is 11.1 Å². The minimum Gasteiger partial charge on any atom is -0.481 e. The highest BCUT2D eigenvalue weighted by atomic mass is 19.1. The van der Waals surface area contributed by atoms with Crippen LogP contribution >= 0.6 is 0 Å². The zero-order valence-corrected chi connectivity index (χ0v) is 19.4. The summed E-state index contributed by atoms with van der Waals surface area (Å²) in [6, 6.07) is 19.2. The van der Waals surface area contributed by atoms with Crippen LogP contribution in [0.15, 0.2) is 66.7 Å². The molecule has 0 saturated heterocycles. The van der Waals surface area contributed by atoms with Gasteiger partial charge in [0.25, 0.3) is 0 Å². The number of carboxylic acid groups (broad SMARTS) is 1. The third-order valence-corrected chi connectivity index (χ3v) is 6.76. The summed E-state index contributed by atoms with van der Waals surface area (Å²) in [7, 11) is 0. The maximum absolute atomic E-state index is 13.1. The van der Waals surface area contributed by atoms with E-state index in [2.05, 4.69) is 10.6 Å². The molecule has 0 aromatic heterocycles. The van der Waals surface area contributed by atoms with Crippen LogP contribution in [0.4, 0.5) is 20.6 Å². The van der Waals surface area contributed by atoms with Crippen LogP contribution in [-0.4, -0.2) is 22.9 Å². The predicted octanol–water partition coefficient (Wildman–Crippen LogP) is 6.47. The molecule has 35 heavy (non-hydrogen) atoms. The number of alkyl halides is 1. The van der Waals surface area contributed by atoms with Crippen molar-refractivity contribution >= 4 is 29.2 Å². The molecular formula is C28H27FN2O4. The Hall–Kier alpha value is -4.00. The number of ketones is 1. The highest BCUT2D eigenvalue weighted by molar-refractivity contribution is 6.04. The average Bonchev–Trinajstić information content (AvgIpc) is 2.86. The number of rotatable bonds is 7. The minimum absolute atomic E-state index is 0.0879. The van der Waals surface area contributed by atoms with Gasteiger partial charge < -0.3 is 15.7 Å². The molecule has 0 fully saturated rings. The molecular weight excluding hydrogens is 447 g/mol. The third-order valence-electron chi connectivity index (χ3n) is 6.76. The van der Waals surface area contributed by atoms with Gasteiger partial charge in [0.15, 0.2) is 5.78 Å². The second-order valence-electron chi connectivity index (χ2n) is 8.85. The van der Waals surface area contributed by atoms with Gasteiger partial charge in [-0.2, -0.15) is 0 Å². The number of aryl methyl sites for hydroxylation is 1. The lowest BCUT2D eigenvalue weighted by atomic mass is 9.67. The Morgan fingerprint density at radius 2 is 1.71 bits per heavy atom. The van der Waals surface area contributed by atoms with Crippen molar-refractivity contribution in [2.24, 2.45) is 5.41 Å². The topological polar surface area (TPSA) is 95.5 Å². The molecule has 0 heterocycles. The SMILES string of the molecule is CCC1(CC(=O)O)CCc2cc(-c3ccc(NC(=O)Nc4ccccc4CF)cc3)ccc2C1=O.